The second kappa shape index (κ2) is 12.7. The summed E-state index contributed by atoms with van der Waals surface area (Å²) in [4.78, 5) is 3.40. The Morgan fingerprint density at radius 3 is 2.50 bits per heavy atom. The summed E-state index contributed by atoms with van der Waals surface area (Å²) in [5.74, 6) is 0.972. The maximum Gasteiger partial charge on any atom is 0.0591 e. The molecule has 1 N–H and O–H groups in total. The Balaban J connectivity index is 0.00000361. The van der Waals surface area contributed by atoms with Gasteiger partial charge >= 0.3 is 0 Å². The van der Waals surface area contributed by atoms with Crippen molar-refractivity contribution >= 4 is 35.8 Å². The number of nitrogens with one attached hydrogen (secondary N) is 1. The Morgan fingerprint density at radius 1 is 1.15 bits per heavy atom. The van der Waals surface area contributed by atoms with Crippen LogP contribution in [0.2, 0.25) is 5.02 Å². The zero-order valence-corrected chi connectivity index (χ0v) is 14.5. The molecule has 1 aromatic rings. The highest BCUT2D eigenvalue weighted by atomic mass is 35.5. The topological polar surface area (TPSA) is 24.5 Å². The van der Waals surface area contributed by atoms with Crippen molar-refractivity contribution in [2.75, 3.05) is 52.7 Å². The zero-order valence-electron chi connectivity index (χ0n) is 12.1. The van der Waals surface area contributed by atoms with Crippen LogP contribution in [0, 0.1) is 0 Å². The van der Waals surface area contributed by atoms with Gasteiger partial charge in [0.2, 0.25) is 0 Å². The number of halogens is 2. The first-order valence-electron chi connectivity index (χ1n) is 6.50. The van der Waals surface area contributed by atoms with Gasteiger partial charge in [-0.2, -0.15) is 0 Å². The summed E-state index contributed by atoms with van der Waals surface area (Å²) in [5, 5.41) is 4.13. The van der Waals surface area contributed by atoms with Crippen LogP contribution < -0.4 is 5.32 Å². The molecule has 0 unspecified atom stereocenters. The minimum Gasteiger partial charge on any atom is -0.379 e. The first-order valence-corrected chi connectivity index (χ1v) is 7.86. The predicted octanol–water partition coefficient (Wildman–Crippen LogP) is 3.02. The molecule has 3 nitrogen and oxygen atoms in total. The largest absolute Gasteiger partial charge is 0.379 e. The van der Waals surface area contributed by atoms with Gasteiger partial charge in [0, 0.05) is 35.3 Å². The monoisotopic (exact) mass is 338 g/mol. The van der Waals surface area contributed by atoms with Crippen molar-refractivity contribution in [1.82, 2.24) is 10.2 Å². The van der Waals surface area contributed by atoms with Gasteiger partial charge in [0.15, 0.2) is 0 Å². The Hall–Kier alpha value is 0.0300. The Kier molecular flexibility index (Phi) is 12.8. The summed E-state index contributed by atoms with van der Waals surface area (Å²) in [5.41, 5.74) is 0. The fourth-order valence-electron chi connectivity index (χ4n) is 1.42. The number of thioether (sulfide) groups is 1. The van der Waals surface area contributed by atoms with Crippen LogP contribution in [0.25, 0.3) is 0 Å². The summed E-state index contributed by atoms with van der Waals surface area (Å²) in [7, 11) is 4.15. The minimum atomic E-state index is 0. The summed E-state index contributed by atoms with van der Waals surface area (Å²) >= 11 is 7.62. The highest BCUT2D eigenvalue weighted by Gasteiger charge is 1.95. The van der Waals surface area contributed by atoms with Crippen molar-refractivity contribution in [3.8, 4) is 0 Å². The number of rotatable bonds is 10. The van der Waals surface area contributed by atoms with Crippen LogP contribution in [0.3, 0.4) is 0 Å². The average Bonchev–Trinajstić information content (AvgIpc) is 2.38. The number of nitrogens with zero attached hydrogens (tertiary/aromatic N) is 1. The Bertz CT molecular complexity index is 336. The van der Waals surface area contributed by atoms with Gasteiger partial charge < -0.3 is 15.0 Å². The van der Waals surface area contributed by atoms with Crippen LogP contribution >= 0.6 is 35.8 Å². The van der Waals surface area contributed by atoms with Crippen LogP contribution in [0.15, 0.2) is 29.2 Å². The lowest BCUT2D eigenvalue weighted by Gasteiger charge is -2.10. The molecule has 0 aliphatic heterocycles. The molecular weight excluding hydrogens is 315 g/mol. The molecule has 0 fully saturated rings. The number of likely N-dealkylation sites (N-methyl/N-ethyl adjacent to an activating group) is 1. The summed E-state index contributed by atoms with van der Waals surface area (Å²) in [6.45, 7) is 4.54. The average molecular weight is 339 g/mol. The van der Waals surface area contributed by atoms with Crippen molar-refractivity contribution < 1.29 is 4.74 Å². The van der Waals surface area contributed by atoms with Crippen molar-refractivity contribution in [3.63, 3.8) is 0 Å². The van der Waals surface area contributed by atoms with Crippen molar-refractivity contribution in [2.45, 2.75) is 4.90 Å². The smallest absolute Gasteiger partial charge is 0.0591 e. The van der Waals surface area contributed by atoms with E-state index in [0.29, 0.717) is 0 Å². The zero-order chi connectivity index (χ0) is 13.9. The molecule has 20 heavy (non-hydrogen) atoms. The maximum atomic E-state index is 5.83. The normalized spacial score (nSPS) is 10.6. The fourth-order valence-corrected chi connectivity index (χ4v) is 2.31. The van der Waals surface area contributed by atoms with Crippen LogP contribution in [-0.4, -0.2) is 57.6 Å². The van der Waals surface area contributed by atoms with Gasteiger partial charge in [-0.1, -0.05) is 11.6 Å². The Labute approximate surface area is 137 Å². The van der Waals surface area contributed by atoms with E-state index in [4.69, 9.17) is 16.3 Å². The number of ether oxygens (including phenoxy) is 1. The molecular formula is C14H24Cl2N2OS. The third-order valence-corrected chi connectivity index (χ3v) is 3.70. The van der Waals surface area contributed by atoms with E-state index in [1.165, 1.54) is 4.90 Å². The molecule has 0 amide bonds. The number of benzene rings is 1. The maximum absolute atomic E-state index is 5.83. The highest BCUT2D eigenvalue weighted by Crippen LogP contribution is 2.19. The number of hydrogen-bond donors (Lipinski definition) is 1. The third kappa shape index (κ3) is 10.8. The van der Waals surface area contributed by atoms with Gasteiger partial charge in [-0.15, -0.1) is 24.2 Å². The van der Waals surface area contributed by atoms with Crippen LogP contribution in [0.5, 0.6) is 0 Å². The molecule has 1 rings (SSSR count). The standard InChI is InChI=1S/C14H23ClN2OS.ClH/c1-17(2)9-7-16-8-10-18-11-12-19-14-5-3-13(15)4-6-14;/h3-6,16H,7-12H2,1-2H3;1H. The van der Waals surface area contributed by atoms with E-state index in [0.717, 1.165) is 43.6 Å². The predicted molar refractivity (Wildman–Crippen MR) is 91.7 cm³/mol. The van der Waals surface area contributed by atoms with E-state index in [9.17, 15) is 0 Å². The summed E-state index contributed by atoms with van der Waals surface area (Å²) < 4.78 is 5.56. The molecule has 0 saturated heterocycles. The van der Waals surface area contributed by atoms with E-state index in [1.54, 1.807) is 11.8 Å². The highest BCUT2D eigenvalue weighted by molar-refractivity contribution is 7.99. The SMILES string of the molecule is CN(C)CCNCCOCCSc1ccc(Cl)cc1.Cl. The van der Waals surface area contributed by atoms with Crippen LogP contribution in [0.4, 0.5) is 0 Å². The molecule has 0 spiro atoms. The van der Waals surface area contributed by atoms with E-state index < -0.39 is 0 Å². The van der Waals surface area contributed by atoms with Gasteiger partial charge in [-0.05, 0) is 38.4 Å². The van der Waals surface area contributed by atoms with Crippen LogP contribution in [-0.2, 0) is 4.74 Å². The first-order chi connectivity index (χ1) is 9.18. The summed E-state index contributed by atoms with van der Waals surface area (Å²) in [6, 6.07) is 7.91. The van der Waals surface area contributed by atoms with Gasteiger partial charge in [-0.25, -0.2) is 0 Å². The molecule has 0 bridgehead atoms. The summed E-state index contributed by atoms with van der Waals surface area (Å²) in [6.07, 6.45) is 0. The van der Waals surface area contributed by atoms with Crippen molar-refractivity contribution in [3.05, 3.63) is 29.3 Å². The molecule has 116 valence electrons. The van der Waals surface area contributed by atoms with E-state index in [-0.39, 0.29) is 12.4 Å². The molecule has 6 heteroatoms. The van der Waals surface area contributed by atoms with Crippen molar-refractivity contribution in [1.29, 1.82) is 0 Å². The lowest BCUT2D eigenvalue weighted by Crippen LogP contribution is -2.29. The van der Waals surface area contributed by atoms with E-state index in [1.807, 2.05) is 24.3 Å². The van der Waals surface area contributed by atoms with E-state index >= 15 is 0 Å². The molecule has 0 saturated carbocycles. The quantitative estimate of drug-likeness (QED) is 0.523. The lowest BCUT2D eigenvalue weighted by molar-refractivity contribution is 0.151. The van der Waals surface area contributed by atoms with Crippen molar-refractivity contribution in [2.24, 2.45) is 0 Å². The molecule has 0 atom stereocenters. The second-order valence-corrected chi connectivity index (χ2v) is 6.07. The molecule has 0 aliphatic rings. The Morgan fingerprint density at radius 2 is 1.85 bits per heavy atom. The van der Waals surface area contributed by atoms with Gasteiger partial charge in [0.25, 0.3) is 0 Å². The molecule has 0 heterocycles. The first kappa shape index (κ1) is 20.0. The minimum absolute atomic E-state index is 0. The molecule has 0 radical (unpaired) electrons. The fraction of sp³-hybridized carbons (Fsp3) is 0.571. The van der Waals surface area contributed by atoms with Gasteiger partial charge in [0.05, 0.1) is 13.2 Å². The molecule has 1 aromatic carbocycles. The number of hydrogen-bond acceptors (Lipinski definition) is 4. The molecule has 0 aromatic heterocycles. The second-order valence-electron chi connectivity index (χ2n) is 4.47. The van der Waals surface area contributed by atoms with Crippen LogP contribution in [0.1, 0.15) is 0 Å². The lowest BCUT2D eigenvalue weighted by atomic mass is 10.4. The third-order valence-electron chi connectivity index (χ3n) is 2.47. The van der Waals surface area contributed by atoms with Gasteiger partial charge in [-0.3, -0.25) is 0 Å². The van der Waals surface area contributed by atoms with Gasteiger partial charge in [0.1, 0.15) is 0 Å². The molecule has 0 aliphatic carbocycles. The van der Waals surface area contributed by atoms with E-state index in [2.05, 4.69) is 24.3 Å².